The number of fused-ring (bicyclic) bond motifs is 1. The largest absolute Gasteiger partial charge is 0.334 e. The summed E-state index contributed by atoms with van der Waals surface area (Å²) in [5.74, 6) is 0.456. The molecule has 7 heteroatoms. The van der Waals surface area contributed by atoms with Gasteiger partial charge in [0.25, 0.3) is 5.56 Å². The van der Waals surface area contributed by atoms with Crippen molar-refractivity contribution >= 4 is 39.9 Å². The standard InChI is InChI=1S/C24H27N3O2S2/c28-22(26-14-6-12-20(26)21-13-7-15-30-21)16-31-24-25-19-11-5-4-10-18(19)23(29)27(24)17-8-2-1-3-9-17/h4-5,7,10-11,13,15,17,20H,1-3,6,8-9,12,14,16H2/t20-/m0/s1. The van der Waals surface area contributed by atoms with Crippen molar-refractivity contribution in [2.75, 3.05) is 12.3 Å². The third-order valence-electron chi connectivity index (χ3n) is 6.48. The SMILES string of the molecule is O=C(CSc1nc2ccccc2c(=O)n1C1CCCCC1)N1CCC[C@H]1c1cccs1. The number of amides is 1. The molecule has 0 spiro atoms. The molecule has 0 N–H and O–H groups in total. The molecule has 0 radical (unpaired) electrons. The molecule has 5 nitrogen and oxygen atoms in total. The van der Waals surface area contributed by atoms with Crippen molar-refractivity contribution in [3.63, 3.8) is 0 Å². The van der Waals surface area contributed by atoms with E-state index in [2.05, 4.69) is 17.5 Å². The zero-order chi connectivity index (χ0) is 21.2. The molecule has 0 unspecified atom stereocenters. The average Bonchev–Trinajstić information content (AvgIpc) is 3.50. The highest BCUT2D eigenvalue weighted by Crippen LogP contribution is 2.36. The fraction of sp³-hybridized carbons (Fsp3) is 0.458. The first-order chi connectivity index (χ1) is 15.2. The Balaban J connectivity index is 1.41. The van der Waals surface area contributed by atoms with Gasteiger partial charge in [0.2, 0.25) is 5.91 Å². The maximum atomic E-state index is 13.4. The van der Waals surface area contributed by atoms with Crippen LogP contribution in [0.25, 0.3) is 10.9 Å². The number of carbonyl (C=O) groups excluding carboxylic acids is 1. The lowest BCUT2D eigenvalue weighted by Gasteiger charge is -2.27. The number of hydrogen-bond donors (Lipinski definition) is 0. The van der Waals surface area contributed by atoms with Crippen molar-refractivity contribution in [3.05, 3.63) is 57.0 Å². The van der Waals surface area contributed by atoms with Crippen LogP contribution >= 0.6 is 23.1 Å². The van der Waals surface area contributed by atoms with Crippen LogP contribution in [0.3, 0.4) is 0 Å². The van der Waals surface area contributed by atoms with E-state index in [0.29, 0.717) is 21.8 Å². The number of para-hydroxylation sites is 1. The molecule has 2 aliphatic rings. The number of hydrogen-bond acceptors (Lipinski definition) is 5. The van der Waals surface area contributed by atoms with Gasteiger partial charge < -0.3 is 4.90 Å². The van der Waals surface area contributed by atoms with Crippen LogP contribution in [0, 0.1) is 0 Å². The lowest BCUT2D eigenvalue weighted by Crippen LogP contribution is -2.32. The highest BCUT2D eigenvalue weighted by Gasteiger charge is 2.31. The number of rotatable bonds is 5. The Hall–Kier alpha value is -2.12. The van der Waals surface area contributed by atoms with E-state index in [4.69, 9.17) is 4.98 Å². The summed E-state index contributed by atoms with van der Waals surface area (Å²) in [5.41, 5.74) is 0.747. The number of likely N-dealkylation sites (tertiary alicyclic amines) is 1. The van der Waals surface area contributed by atoms with E-state index in [-0.39, 0.29) is 23.6 Å². The molecule has 162 valence electrons. The highest BCUT2D eigenvalue weighted by molar-refractivity contribution is 7.99. The van der Waals surface area contributed by atoms with Crippen molar-refractivity contribution in [3.8, 4) is 0 Å². The van der Waals surface area contributed by atoms with Crippen LogP contribution in [0.2, 0.25) is 0 Å². The summed E-state index contributed by atoms with van der Waals surface area (Å²) >= 11 is 3.15. The zero-order valence-electron chi connectivity index (χ0n) is 17.5. The molecule has 5 rings (SSSR count). The van der Waals surface area contributed by atoms with E-state index in [1.807, 2.05) is 33.7 Å². The minimum Gasteiger partial charge on any atom is -0.334 e. The van der Waals surface area contributed by atoms with Gasteiger partial charge in [-0.15, -0.1) is 11.3 Å². The molecule has 31 heavy (non-hydrogen) atoms. The van der Waals surface area contributed by atoms with E-state index >= 15 is 0 Å². The number of thiophene rings is 1. The number of carbonyl (C=O) groups is 1. The Morgan fingerprint density at radius 2 is 1.90 bits per heavy atom. The Kier molecular flexibility index (Phi) is 6.14. The Morgan fingerprint density at radius 1 is 1.06 bits per heavy atom. The van der Waals surface area contributed by atoms with Crippen LogP contribution in [-0.2, 0) is 4.79 Å². The van der Waals surface area contributed by atoms with Crippen LogP contribution in [0.4, 0.5) is 0 Å². The van der Waals surface area contributed by atoms with Gasteiger partial charge in [-0.1, -0.05) is 49.2 Å². The van der Waals surface area contributed by atoms with Crippen LogP contribution in [-0.4, -0.2) is 32.7 Å². The quantitative estimate of drug-likeness (QED) is 0.382. The van der Waals surface area contributed by atoms with Crippen molar-refractivity contribution < 1.29 is 4.79 Å². The maximum absolute atomic E-state index is 13.4. The molecule has 1 aromatic carbocycles. The molecule has 3 heterocycles. The van der Waals surface area contributed by atoms with Crippen LogP contribution < -0.4 is 5.56 Å². The zero-order valence-corrected chi connectivity index (χ0v) is 19.2. The number of benzene rings is 1. The van der Waals surface area contributed by atoms with Gasteiger partial charge in [-0.05, 0) is 49.3 Å². The Labute approximate surface area is 190 Å². The van der Waals surface area contributed by atoms with Crippen LogP contribution in [0.5, 0.6) is 0 Å². The number of aromatic nitrogens is 2. The minimum absolute atomic E-state index is 0.0325. The lowest BCUT2D eigenvalue weighted by atomic mass is 9.95. The van der Waals surface area contributed by atoms with E-state index in [1.165, 1.54) is 23.1 Å². The number of thioether (sulfide) groups is 1. The molecule has 0 bridgehead atoms. The van der Waals surface area contributed by atoms with Gasteiger partial charge in [-0.2, -0.15) is 0 Å². The van der Waals surface area contributed by atoms with Gasteiger partial charge >= 0.3 is 0 Å². The molecule has 1 atom stereocenters. The van der Waals surface area contributed by atoms with Crippen molar-refractivity contribution in [2.24, 2.45) is 0 Å². The summed E-state index contributed by atoms with van der Waals surface area (Å²) < 4.78 is 1.89. The normalized spacial score (nSPS) is 19.9. The average molecular weight is 454 g/mol. The fourth-order valence-electron chi connectivity index (χ4n) is 4.94. The fourth-order valence-corrected chi connectivity index (χ4v) is 6.77. The molecule has 2 aromatic heterocycles. The second-order valence-electron chi connectivity index (χ2n) is 8.43. The second kappa shape index (κ2) is 9.17. The molecule has 1 saturated carbocycles. The predicted molar refractivity (Wildman–Crippen MR) is 127 cm³/mol. The summed E-state index contributed by atoms with van der Waals surface area (Å²) in [7, 11) is 0. The van der Waals surface area contributed by atoms with E-state index in [9.17, 15) is 9.59 Å². The molecule has 3 aromatic rings. The summed E-state index contributed by atoms with van der Waals surface area (Å²) in [6, 6.07) is 12.1. The third-order valence-corrected chi connectivity index (χ3v) is 8.40. The first kappa shape index (κ1) is 20.8. The van der Waals surface area contributed by atoms with Gasteiger partial charge in [-0.3, -0.25) is 14.2 Å². The summed E-state index contributed by atoms with van der Waals surface area (Å²) in [4.78, 5) is 34.6. The van der Waals surface area contributed by atoms with Crippen molar-refractivity contribution in [1.29, 1.82) is 0 Å². The predicted octanol–water partition coefficient (Wildman–Crippen LogP) is 5.42. The van der Waals surface area contributed by atoms with Crippen molar-refractivity contribution in [1.82, 2.24) is 14.5 Å². The molecular weight excluding hydrogens is 426 g/mol. The molecule has 2 fully saturated rings. The summed E-state index contributed by atoms with van der Waals surface area (Å²) in [5, 5.41) is 3.43. The highest BCUT2D eigenvalue weighted by atomic mass is 32.2. The van der Waals surface area contributed by atoms with E-state index < -0.39 is 0 Å². The first-order valence-corrected chi connectivity index (χ1v) is 13.1. The number of nitrogens with zero attached hydrogens (tertiary/aromatic N) is 3. The topological polar surface area (TPSA) is 55.2 Å². The third kappa shape index (κ3) is 4.17. The molecule has 1 aliphatic heterocycles. The molecule has 1 amide bonds. The summed E-state index contributed by atoms with van der Waals surface area (Å²) in [6.07, 6.45) is 7.60. The lowest BCUT2D eigenvalue weighted by molar-refractivity contribution is -0.129. The molecular formula is C24H27N3O2S2. The van der Waals surface area contributed by atoms with Crippen molar-refractivity contribution in [2.45, 2.75) is 62.2 Å². The molecule has 1 aliphatic carbocycles. The van der Waals surface area contributed by atoms with Gasteiger partial charge in [0.15, 0.2) is 5.16 Å². The Morgan fingerprint density at radius 3 is 2.71 bits per heavy atom. The first-order valence-electron chi connectivity index (χ1n) is 11.2. The monoisotopic (exact) mass is 453 g/mol. The van der Waals surface area contributed by atoms with E-state index in [1.54, 1.807) is 11.3 Å². The second-order valence-corrected chi connectivity index (χ2v) is 10.3. The van der Waals surface area contributed by atoms with Gasteiger partial charge in [0.1, 0.15) is 0 Å². The van der Waals surface area contributed by atoms with E-state index in [0.717, 1.165) is 45.1 Å². The Bertz CT molecular complexity index is 1120. The summed E-state index contributed by atoms with van der Waals surface area (Å²) in [6.45, 7) is 0.808. The van der Waals surface area contributed by atoms with Gasteiger partial charge in [0, 0.05) is 17.5 Å². The van der Waals surface area contributed by atoms with Crippen LogP contribution in [0.15, 0.2) is 51.7 Å². The van der Waals surface area contributed by atoms with Gasteiger partial charge in [-0.25, -0.2) is 4.98 Å². The molecule has 1 saturated heterocycles. The minimum atomic E-state index is 0.0325. The maximum Gasteiger partial charge on any atom is 0.262 e. The van der Waals surface area contributed by atoms with Crippen LogP contribution in [0.1, 0.15) is 61.9 Å². The van der Waals surface area contributed by atoms with Gasteiger partial charge in [0.05, 0.1) is 22.7 Å². The smallest absolute Gasteiger partial charge is 0.262 e.